The number of nitrogens with zero attached hydrogens (tertiary/aromatic N) is 3. The van der Waals surface area contributed by atoms with E-state index in [1.165, 1.54) is 104 Å². The molecule has 3 nitrogen and oxygen atoms in total. The monoisotopic (exact) mass is 361 g/mol. The zero-order valence-corrected chi connectivity index (χ0v) is 17.8. The van der Waals surface area contributed by atoms with E-state index >= 15 is 0 Å². The fraction of sp³-hybridized carbons (Fsp3) is 1.00. The quantitative estimate of drug-likeness (QED) is 0.680. The first-order chi connectivity index (χ1) is 12.5. The van der Waals surface area contributed by atoms with E-state index in [0.29, 0.717) is 5.41 Å². The van der Waals surface area contributed by atoms with E-state index in [-0.39, 0.29) is 0 Å². The lowest BCUT2D eigenvalue weighted by atomic mass is 9.71. The molecule has 0 N–H and O–H groups in total. The van der Waals surface area contributed by atoms with Crippen LogP contribution in [0.3, 0.4) is 0 Å². The second-order valence-corrected chi connectivity index (χ2v) is 10.9. The molecule has 26 heavy (non-hydrogen) atoms. The van der Waals surface area contributed by atoms with E-state index in [4.69, 9.17) is 0 Å². The van der Waals surface area contributed by atoms with E-state index < -0.39 is 0 Å². The third-order valence-corrected chi connectivity index (χ3v) is 8.38. The second-order valence-electron chi connectivity index (χ2n) is 10.9. The van der Waals surface area contributed by atoms with Gasteiger partial charge in [-0.05, 0) is 101 Å². The summed E-state index contributed by atoms with van der Waals surface area (Å²) in [5.41, 5.74) is 1.43. The van der Waals surface area contributed by atoms with Crippen LogP contribution in [0.25, 0.3) is 0 Å². The summed E-state index contributed by atoms with van der Waals surface area (Å²) in [5, 5.41) is 0. The highest BCUT2D eigenvalue weighted by Gasteiger charge is 2.48. The Morgan fingerprint density at radius 2 is 1.58 bits per heavy atom. The van der Waals surface area contributed by atoms with Gasteiger partial charge in [0.05, 0.1) is 0 Å². The first-order valence-electron chi connectivity index (χ1n) is 11.6. The topological polar surface area (TPSA) is 9.72 Å². The molecule has 3 saturated heterocycles. The van der Waals surface area contributed by atoms with Crippen LogP contribution in [0.1, 0.15) is 65.2 Å². The van der Waals surface area contributed by atoms with Crippen molar-refractivity contribution in [2.75, 3.05) is 59.4 Å². The summed E-state index contributed by atoms with van der Waals surface area (Å²) in [7, 11) is 2.28. The van der Waals surface area contributed by atoms with Gasteiger partial charge in [0.1, 0.15) is 0 Å². The summed E-state index contributed by atoms with van der Waals surface area (Å²) in [5.74, 6) is 1.90. The van der Waals surface area contributed by atoms with Crippen LogP contribution in [0, 0.1) is 22.7 Å². The zero-order valence-electron chi connectivity index (χ0n) is 17.8. The van der Waals surface area contributed by atoms with Crippen molar-refractivity contribution in [2.24, 2.45) is 22.7 Å². The third kappa shape index (κ3) is 4.47. The Hall–Kier alpha value is -0.120. The average Bonchev–Trinajstić information content (AvgIpc) is 3.36. The lowest BCUT2D eigenvalue weighted by Gasteiger charge is -2.55. The minimum atomic E-state index is 0.704. The second kappa shape index (κ2) is 7.72. The van der Waals surface area contributed by atoms with Gasteiger partial charge in [-0.15, -0.1) is 0 Å². The first kappa shape index (κ1) is 19.2. The molecule has 4 fully saturated rings. The van der Waals surface area contributed by atoms with Gasteiger partial charge in [0.15, 0.2) is 0 Å². The predicted molar refractivity (Wildman–Crippen MR) is 111 cm³/mol. The average molecular weight is 362 g/mol. The number of piperidine rings is 2. The highest BCUT2D eigenvalue weighted by molar-refractivity contribution is 5.01. The van der Waals surface area contributed by atoms with Gasteiger partial charge in [0, 0.05) is 26.2 Å². The summed E-state index contributed by atoms with van der Waals surface area (Å²) in [6.45, 7) is 15.8. The summed E-state index contributed by atoms with van der Waals surface area (Å²) >= 11 is 0. The fourth-order valence-electron chi connectivity index (χ4n) is 6.10. The van der Waals surface area contributed by atoms with Crippen LogP contribution >= 0.6 is 0 Å². The maximum Gasteiger partial charge on any atom is 0.00516 e. The van der Waals surface area contributed by atoms with Gasteiger partial charge in [0.25, 0.3) is 0 Å². The van der Waals surface area contributed by atoms with Gasteiger partial charge < -0.3 is 14.7 Å². The molecule has 4 rings (SSSR count). The Bertz CT molecular complexity index is 448. The van der Waals surface area contributed by atoms with Crippen molar-refractivity contribution in [3.8, 4) is 0 Å². The lowest BCUT2D eigenvalue weighted by Crippen LogP contribution is -2.61. The van der Waals surface area contributed by atoms with E-state index in [0.717, 1.165) is 17.3 Å². The van der Waals surface area contributed by atoms with Crippen molar-refractivity contribution in [3.63, 3.8) is 0 Å². The van der Waals surface area contributed by atoms with Crippen LogP contribution in [-0.4, -0.2) is 74.1 Å². The Morgan fingerprint density at radius 3 is 2.15 bits per heavy atom. The predicted octanol–water partition coefficient (Wildman–Crippen LogP) is 3.94. The fourth-order valence-corrected chi connectivity index (χ4v) is 6.10. The molecule has 1 atom stereocenters. The Morgan fingerprint density at radius 1 is 0.923 bits per heavy atom. The summed E-state index contributed by atoms with van der Waals surface area (Å²) in [4.78, 5) is 8.12. The normalized spacial score (nSPS) is 31.0. The molecule has 1 unspecified atom stereocenters. The molecule has 0 aromatic rings. The van der Waals surface area contributed by atoms with E-state index in [2.05, 4.69) is 35.6 Å². The van der Waals surface area contributed by atoms with Gasteiger partial charge in [0.2, 0.25) is 0 Å². The smallest absolute Gasteiger partial charge is 0.00516 e. The standard InChI is InChI=1S/C23H43N3/c1-4-20(2)15-22(7-8-22)17-25-13-9-23(10-14-25)18-26(19-23)16-21-5-11-24(3)12-6-21/h20-21H,4-19H2,1-3H3. The summed E-state index contributed by atoms with van der Waals surface area (Å²) in [6.07, 6.45) is 11.6. The van der Waals surface area contributed by atoms with E-state index in [1.54, 1.807) is 0 Å². The third-order valence-electron chi connectivity index (χ3n) is 8.38. The van der Waals surface area contributed by atoms with Gasteiger partial charge in [-0.25, -0.2) is 0 Å². The van der Waals surface area contributed by atoms with Crippen LogP contribution in [0.2, 0.25) is 0 Å². The van der Waals surface area contributed by atoms with Crippen molar-refractivity contribution in [1.82, 2.24) is 14.7 Å². The molecule has 1 saturated carbocycles. The van der Waals surface area contributed by atoms with Crippen LogP contribution < -0.4 is 0 Å². The molecular weight excluding hydrogens is 318 g/mol. The first-order valence-corrected chi connectivity index (χ1v) is 11.6. The van der Waals surface area contributed by atoms with Gasteiger partial charge in [-0.1, -0.05) is 20.3 Å². The van der Waals surface area contributed by atoms with E-state index in [9.17, 15) is 0 Å². The highest BCUT2D eigenvalue weighted by atomic mass is 15.2. The molecule has 3 heteroatoms. The SMILES string of the molecule is CCC(C)CC1(CN2CCC3(CC2)CN(CC2CCN(C)CC2)C3)CC1. The molecule has 0 radical (unpaired) electrons. The maximum absolute atomic E-state index is 2.83. The molecule has 1 spiro atoms. The number of likely N-dealkylation sites (tertiary alicyclic amines) is 3. The Balaban J connectivity index is 1.16. The van der Waals surface area contributed by atoms with Gasteiger partial charge >= 0.3 is 0 Å². The molecule has 1 aliphatic carbocycles. The molecule has 3 aliphatic heterocycles. The molecule has 0 aromatic carbocycles. The molecule has 150 valence electrons. The molecule has 0 aromatic heterocycles. The zero-order chi connectivity index (χ0) is 18.2. The lowest BCUT2D eigenvalue weighted by molar-refractivity contribution is -0.0591. The van der Waals surface area contributed by atoms with Gasteiger partial charge in [-0.2, -0.15) is 0 Å². The van der Waals surface area contributed by atoms with Crippen LogP contribution in [0.4, 0.5) is 0 Å². The molecule has 3 heterocycles. The van der Waals surface area contributed by atoms with Crippen molar-refractivity contribution in [1.29, 1.82) is 0 Å². The molecule has 4 aliphatic rings. The molecular formula is C23H43N3. The number of hydrogen-bond acceptors (Lipinski definition) is 3. The summed E-state index contributed by atoms with van der Waals surface area (Å²) in [6, 6.07) is 0. The van der Waals surface area contributed by atoms with E-state index in [1.807, 2.05) is 0 Å². The van der Waals surface area contributed by atoms with Crippen LogP contribution in [-0.2, 0) is 0 Å². The Kier molecular flexibility index (Phi) is 5.70. The van der Waals surface area contributed by atoms with Gasteiger partial charge in [-0.3, -0.25) is 0 Å². The minimum Gasteiger partial charge on any atom is -0.306 e. The minimum absolute atomic E-state index is 0.704. The van der Waals surface area contributed by atoms with Crippen molar-refractivity contribution in [3.05, 3.63) is 0 Å². The van der Waals surface area contributed by atoms with Crippen molar-refractivity contribution < 1.29 is 0 Å². The molecule has 0 amide bonds. The van der Waals surface area contributed by atoms with Crippen molar-refractivity contribution in [2.45, 2.75) is 65.2 Å². The summed E-state index contributed by atoms with van der Waals surface area (Å²) < 4.78 is 0. The highest BCUT2D eigenvalue weighted by Crippen LogP contribution is 2.52. The molecule has 0 bridgehead atoms. The largest absolute Gasteiger partial charge is 0.306 e. The maximum atomic E-state index is 2.83. The Labute approximate surface area is 162 Å². The van der Waals surface area contributed by atoms with Crippen LogP contribution in [0.15, 0.2) is 0 Å². The number of hydrogen-bond donors (Lipinski definition) is 0. The van der Waals surface area contributed by atoms with Crippen molar-refractivity contribution >= 4 is 0 Å². The number of rotatable bonds is 7. The van der Waals surface area contributed by atoms with Crippen LogP contribution in [0.5, 0.6) is 0 Å².